The SMILES string of the molecule is CCCNC(c1cccc(C)c1I)C(C)c1ccncc1. The molecule has 1 aromatic heterocycles. The molecule has 0 amide bonds. The highest BCUT2D eigenvalue weighted by Gasteiger charge is 2.22. The Balaban J connectivity index is 2.36. The van der Waals surface area contributed by atoms with Crippen molar-refractivity contribution < 1.29 is 0 Å². The van der Waals surface area contributed by atoms with Crippen LogP contribution in [-0.2, 0) is 0 Å². The first-order valence-electron chi connectivity index (χ1n) is 7.53. The van der Waals surface area contributed by atoms with Crippen LogP contribution in [-0.4, -0.2) is 11.5 Å². The van der Waals surface area contributed by atoms with Gasteiger partial charge in [-0.05, 0) is 71.3 Å². The lowest BCUT2D eigenvalue weighted by atomic mass is 9.88. The highest BCUT2D eigenvalue weighted by atomic mass is 127. The molecule has 0 bridgehead atoms. The molecule has 2 aromatic rings. The molecule has 2 unspecified atom stereocenters. The van der Waals surface area contributed by atoms with E-state index in [0.717, 1.165) is 13.0 Å². The molecule has 1 N–H and O–H groups in total. The zero-order valence-electron chi connectivity index (χ0n) is 12.9. The van der Waals surface area contributed by atoms with Gasteiger partial charge < -0.3 is 5.32 Å². The molecule has 0 saturated carbocycles. The summed E-state index contributed by atoms with van der Waals surface area (Å²) in [6.07, 6.45) is 4.90. The predicted octanol–water partition coefficient (Wildman–Crippen LogP) is 4.84. The lowest BCUT2D eigenvalue weighted by Gasteiger charge is -2.27. The first kappa shape index (κ1) is 16.4. The lowest BCUT2D eigenvalue weighted by Crippen LogP contribution is -2.27. The van der Waals surface area contributed by atoms with Crippen molar-refractivity contribution in [2.45, 2.75) is 39.2 Å². The topological polar surface area (TPSA) is 24.9 Å². The number of benzene rings is 1. The van der Waals surface area contributed by atoms with Crippen LogP contribution in [0.1, 0.15) is 48.9 Å². The van der Waals surface area contributed by atoms with Crippen LogP contribution in [0.15, 0.2) is 42.7 Å². The summed E-state index contributed by atoms with van der Waals surface area (Å²) in [6.45, 7) is 7.72. The van der Waals surface area contributed by atoms with Crippen LogP contribution in [0.5, 0.6) is 0 Å². The van der Waals surface area contributed by atoms with Crippen molar-refractivity contribution in [3.05, 3.63) is 63.0 Å². The fraction of sp³-hybridized carbons (Fsp3) is 0.389. The summed E-state index contributed by atoms with van der Waals surface area (Å²) in [6, 6.07) is 11.2. The Hall–Kier alpha value is -0.940. The molecule has 0 radical (unpaired) electrons. The van der Waals surface area contributed by atoms with Crippen LogP contribution >= 0.6 is 22.6 Å². The Morgan fingerprint density at radius 2 is 1.90 bits per heavy atom. The average Bonchev–Trinajstić information content (AvgIpc) is 2.52. The first-order chi connectivity index (χ1) is 10.1. The highest BCUT2D eigenvalue weighted by molar-refractivity contribution is 14.1. The van der Waals surface area contributed by atoms with Crippen LogP contribution in [0.4, 0.5) is 0 Å². The molecule has 0 fully saturated rings. The molecule has 1 aromatic carbocycles. The van der Waals surface area contributed by atoms with Crippen molar-refractivity contribution in [1.29, 1.82) is 0 Å². The van der Waals surface area contributed by atoms with Crippen LogP contribution < -0.4 is 5.32 Å². The van der Waals surface area contributed by atoms with Crippen LogP contribution in [0, 0.1) is 10.5 Å². The van der Waals surface area contributed by atoms with E-state index in [-0.39, 0.29) is 0 Å². The molecule has 1 heterocycles. The maximum atomic E-state index is 4.13. The second kappa shape index (κ2) is 7.90. The van der Waals surface area contributed by atoms with E-state index in [9.17, 15) is 0 Å². The molecule has 112 valence electrons. The lowest BCUT2D eigenvalue weighted by molar-refractivity contribution is 0.464. The maximum Gasteiger partial charge on any atom is 0.0397 e. The van der Waals surface area contributed by atoms with Gasteiger partial charge in [0.25, 0.3) is 0 Å². The number of pyridine rings is 1. The van der Waals surface area contributed by atoms with Crippen molar-refractivity contribution in [1.82, 2.24) is 10.3 Å². The molecule has 0 saturated heterocycles. The van der Waals surface area contributed by atoms with Gasteiger partial charge in [0, 0.05) is 27.9 Å². The van der Waals surface area contributed by atoms with Crippen LogP contribution in [0.25, 0.3) is 0 Å². The molecular weight excluding hydrogens is 371 g/mol. The molecule has 3 heteroatoms. The Morgan fingerprint density at radius 1 is 1.19 bits per heavy atom. The quantitative estimate of drug-likeness (QED) is 0.710. The van der Waals surface area contributed by atoms with Gasteiger partial charge in [-0.25, -0.2) is 0 Å². The van der Waals surface area contributed by atoms with Crippen molar-refractivity contribution >= 4 is 22.6 Å². The molecule has 2 atom stereocenters. The third-order valence-corrected chi connectivity index (χ3v) is 5.38. The Morgan fingerprint density at radius 3 is 2.57 bits per heavy atom. The van der Waals surface area contributed by atoms with E-state index >= 15 is 0 Å². The number of aromatic nitrogens is 1. The number of halogens is 1. The van der Waals surface area contributed by atoms with E-state index in [1.807, 2.05) is 12.4 Å². The molecule has 21 heavy (non-hydrogen) atoms. The molecule has 2 nitrogen and oxygen atoms in total. The summed E-state index contributed by atoms with van der Waals surface area (Å²) in [5.74, 6) is 0.412. The first-order valence-corrected chi connectivity index (χ1v) is 8.61. The number of hydrogen-bond acceptors (Lipinski definition) is 2. The van der Waals surface area contributed by atoms with Crippen molar-refractivity contribution in [3.63, 3.8) is 0 Å². The van der Waals surface area contributed by atoms with E-state index in [0.29, 0.717) is 12.0 Å². The smallest absolute Gasteiger partial charge is 0.0397 e. The zero-order valence-corrected chi connectivity index (χ0v) is 15.1. The predicted molar refractivity (Wildman–Crippen MR) is 97.6 cm³/mol. The minimum atomic E-state index is 0.333. The van der Waals surface area contributed by atoms with Crippen LogP contribution in [0.2, 0.25) is 0 Å². The van der Waals surface area contributed by atoms with E-state index < -0.39 is 0 Å². The standard InChI is InChI=1S/C18H23IN2/c1-4-10-21-18(14(3)15-8-11-20-12-9-15)16-7-5-6-13(2)17(16)19/h5-9,11-12,14,18,21H,4,10H2,1-3H3. The summed E-state index contributed by atoms with van der Waals surface area (Å²) in [5.41, 5.74) is 4.07. The monoisotopic (exact) mass is 394 g/mol. The Labute approximate surface area is 141 Å². The number of nitrogens with one attached hydrogen (secondary N) is 1. The molecular formula is C18H23IN2. The number of hydrogen-bond donors (Lipinski definition) is 1. The molecule has 0 aliphatic rings. The zero-order chi connectivity index (χ0) is 15.2. The molecule has 0 aliphatic carbocycles. The van der Waals surface area contributed by atoms with Gasteiger partial charge in [-0.3, -0.25) is 4.98 Å². The van der Waals surface area contributed by atoms with Crippen molar-refractivity contribution in [2.24, 2.45) is 0 Å². The Bertz CT molecular complexity index is 569. The van der Waals surface area contributed by atoms with E-state index in [1.165, 1.54) is 20.3 Å². The second-order valence-corrected chi connectivity index (χ2v) is 6.56. The van der Waals surface area contributed by atoms with Gasteiger partial charge >= 0.3 is 0 Å². The van der Waals surface area contributed by atoms with Gasteiger partial charge in [-0.1, -0.05) is 32.0 Å². The largest absolute Gasteiger partial charge is 0.309 e. The summed E-state index contributed by atoms with van der Waals surface area (Å²) in [5, 5.41) is 3.73. The minimum absolute atomic E-state index is 0.333. The fourth-order valence-electron chi connectivity index (χ4n) is 2.63. The minimum Gasteiger partial charge on any atom is -0.309 e. The normalized spacial score (nSPS) is 13.9. The van der Waals surface area contributed by atoms with Crippen molar-refractivity contribution in [3.8, 4) is 0 Å². The highest BCUT2D eigenvalue weighted by Crippen LogP contribution is 2.33. The number of rotatable bonds is 6. The van der Waals surface area contributed by atoms with E-state index in [1.54, 1.807) is 0 Å². The summed E-state index contributed by atoms with van der Waals surface area (Å²) >= 11 is 2.47. The van der Waals surface area contributed by atoms with Crippen LogP contribution in [0.3, 0.4) is 0 Å². The van der Waals surface area contributed by atoms with Gasteiger partial charge in [-0.15, -0.1) is 0 Å². The van der Waals surface area contributed by atoms with Gasteiger partial charge in [0.2, 0.25) is 0 Å². The van der Waals surface area contributed by atoms with Gasteiger partial charge in [-0.2, -0.15) is 0 Å². The van der Waals surface area contributed by atoms with Gasteiger partial charge in [0.15, 0.2) is 0 Å². The molecule has 0 aliphatic heterocycles. The molecule has 0 spiro atoms. The van der Waals surface area contributed by atoms with E-state index in [2.05, 4.69) is 84.0 Å². The third-order valence-electron chi connectivity index (χ3n) is 3.90. The maximum absolute atomic E-state index is 4.13. The number of nitrogens with zero attached hydrogens (tertiary/aromatic N) is 1. The van der Waals surface area contributed by atoms with E-state index in [4.69, 9.17) is 0 Å². The third kappa shape index (κ3) is 4.04. The molecule has 2 rings (SSSR count). The summed E-state index contributed by atoms with van der Waals surface area (Å²) in [7, 11) is 0. The number of aryl methyl sites for hydroxylation is 1. The average molecular weight is 394 g/mol. The van der Waals surface area contributed by atoms with Crippen molar-refractivity contribution in [2.75, 3.05) is 6.54 Å². The Kier molecular flexibility index (Phi) is 6.18. The van der Waals surface area contributed by atoms with Gasteiger partial charge in [0.05, 0.1) is 0 Å². The summed E-state index contributed by atoms with van der Waals surface area (Å²) in [4.78, 5) is 4.13. The summed E-state index contributed by atoms with van der Waals surface area (Å²) < 4.78 is 1.37. The van der Waals surface area contributed by atoms with Gasteiger partial charge in [0.1, 0.15) is 0 Å². The fourth-order valence-corrected chi connectivity index (χ4v) is 3.32. The second-order valence-electron chi connectivity index (χ2n) is 5.48.